The van der Waals surface area contributed by atoms with Crippen molar-refractivity contribution in [2.24, 2.45) is 0 Å². The quantitative estimate of drug-likeness (QED) is 0.328. The Kier molecular flexibility index (Phi) is 5.64. The van der Waals surface area contributed by atoms with E-state index in [0.29, 0.717) is 28.8 Å². The fraction of sp³-hybridized carbons (Fsp3) is 0.208. The van der Waals surface area contributed by atoms with E-state index < -0.39 is 6.04 Å². The number of anilines is 3. The smallest absolute Gasteiger partial charge is 0.253 e. The number of carbonyl (C=O) groups is 1. The van der Waals surface area contributed by atoms with Crippen molar-refractivity contribution >= 4 is 23.4 Å². The number of benzene rings is 2. The summed E-state index contributed by atoms with van der Waals surface area (Å²) in [4.78, 5) is 21.1. The number of aliphatic hydroxyl groups excluding tert-OH is 1. The molecule has 0 saturated carbocycles. The van der Waals surface area contributed by atoms with Crippen LogP contribution in [0.15, 0.2) is 59.1 Å². The molecule has 10 nitrogen and oxygen atoms in total. The van der Waals surface area contributed by atoms with Crippen LogP contribution in [0.4, 0.5) is 17.5 Å². The SMILES string of the molecule is Cc1nnc(-c2cnc(Nc3ccc4c(c3)C(C)NC4=O)nc2N[C@H](CO)c2ccccc2)o1. The third-order valence-corrected chi connectivity index (χ3v) is 5.61. The van der Waals surface area contributed by atoms with E-state index in [2.05, 4.69) is 36.1 Å². The van der Waals surface area contributed by atoms with Crippen LogP contribution in [0, 0.1) is 6.92 Å². The van der Waals surface area contributed by atoms with Crippen LogP contribution in [0.5, 0.6) is 0 Å². The monoisotopic (exact) mass is 457 g/mol. The molecule has 0 aliphatic carbocycles. The average molecular weight is 457 g/mol. The molecule has 172 valence electrons. The first-order valence-corrected chi connectivity index (χ1v) is 10.8. The molecule has 2 atom stereocenters. The molecule has 3 heterocycles. The van der Waals surface area contributed by atoms with Gasteiger partial charge in [0.15, 0.2) is 0 Å². The molecule has 10 heteroatoms. The molecule has 1 amide bonds. The van der Waals surface area contributed by atoms with Gasteiger partial charge in [-0.05, 0) is 36.2 Å². The van der Waals surface area contributed by atoms with Gasteiger partial charge in [0.2, 0.25) is 11.8 Å². The van der Waals surface area contributed by atoms with E-state index >= 15 is 0 Å². The molecule has 0 radical (unpaired) electrons. The molecule has 0 bridgehead atoms. The number of amides is 1. The Morgan fingerprint density at radius 2 is 1.97 bits per heavy atom. The third kappa shape index (κ3) is 4.18. The van der Waals surface area contributed by atoms with Gasteiger partial charge in [-0.2, -0.15) is 4.98 Å². The van der Waals surface area contributed by atoms with E-state index in [1.54, 1.807) is 19.2 Å². The highest BCUT2D eigenvalue weighted by molar-refractivity contribution is 5.99. The fourth-order valence-electron chi connectivity index (χ4n) is 3.89. The average Bonchev–Trinajstić information content (AvgIpc) is 3.40. The summed E-state index contributed by atoms with van der Waals surface area (Å²) < 4.78 is 5.60. The zero-order chi connectivity index (χ0) is 23.7. The second kappa shape index (κ2) is 8.91. The van der Waals surface area contributed by atoms with Gasteiger partial charge in [-0.25, -0.2) is 4.98 Å². The predicted molar refractivity (Wildman–Crippen MR) is 126 cm³/mol. The Morgan fingerprint density at radius 3 is 2.71 bits per heavy atom. The van der Waals surface area contributed by atoms with Crippen molar-refractivity contribution in [3.8, 4) is 11.5 Å². The summed E-state index contributed by atoms with van der Waals surface area (Å²) in [5.74, 6) is 1.37. The molecule has 4 N–H and O–H groups in total. The molecule has 0 fully saturated rings. The number of aliphatic hydroxyl groups is 1. The van der Waals surface area contributed by atoms with Gasteiger partial charge in [0.05, 0.1) is 24.3 Å². The lowest BCUT2D eigenvalue weighted by Gasteiger charge is -2.19. The van der Waals surface area contributed by atoms with Crippen LogP contribution in [0.2, 0.25) is 0 Å². The van der Waals surface area contributed by atoms with Gasteiger partial charge in [-0.3, -0.25) is 4.79 Å². The van der Waals surface area contributed by atoms with Crippen molar-refractivity contribution in [3.05, 3.63) is 77.3 Å². The summed E-state index contributed by atoms with van der Waals surface area (Å²) in [6.07, 6.45) is 1.59. The van der Waals surface area contributed by atoms with Crippen LogP contribution in [0.25, 0.3) is 11.5 Å². The Balaban J connectivity index is 1.49. The minimum atomic E-state index is -0.412. The fourth-order valence-corrected chi connectivity index (χ4v) is 3.89. The van der Waals surface area contributed by atoms with Crippen LogP contribution < -0.4 is 16.0 Å². The molecule has 4 aromatic rings. The lowest BCUT2D eigenvalue weighted by Crippen LogP contribution is -2.17. The second-order valence-electron chi connectivity index (χ2n) is 7.99. The zero-order valence-corrected chi connectivity index (χ0v) is 18.6. The van der Waals surface area contributed by atoms with E-state index in [9.17, 15) is 9.90 Å². The molecule has 2 aromatic carbocycles. The summed E-state index contributed by atoms with van der Waals surface area (Å²) >= 11 is 0. The Morgan fingerprint density at radius 1 is 1.15 bits per heavy atom. The van der Waals surface area contributed by atoms with Crippen LogP contribution >= 0.6 is 0 Å². The second-order valence-corrected chi connectivity index (χ2v) is 7.99. The number of aromatic nitrogens is 4. The molecular weight excluding hydrogens is 434 g/mol. The lowest BCUT2D eigenvalue weighted by molar-refractivity contribution is 0.0958. The van der Waals surface area contributed by atoms with Crippen LogP contribution in [-0.2, 0) is 0 Å². The van der Waals surface area contributed by atoms with Crippen molar-refractivity contribution in [1.29, 1.82) is 0 Å². The number of hydrogen-bond donors (Lipinski definition) is 4. The van der Waals surface area contributed by atoms with E-state index in [0.717, 1.165) is 16.8 Å². The standard InChI is InChI=1S/C24H23N7O3/c1-13-18-10-16(8-9-17(18)22(33)26-13)27-24-25-11-19(23-31-30-14(2)34-23)21(29-24)28-20(12-32)15-6-4-3-5-7-15/h3-11,13,20,32H,12H2,1-2H3,(H,26,33)(H2,25,27,28,29)/t13?,20-/m1/s1. The maximum absolute atomic E-state index is 12.0. The maximum atomic E-state index is 12.0. The van der Waals surface area contributed by atoms with Gasteiger partial charge in [0.25, 0.3) is 11.8 Å². The Labute approximate surface area is 195 Å². The molecule has 34 heavy (non-hydrogen) atoms. The molecule has 5 rings (SSSR count). The van der Waals surface area contributed by atoms with Crippen LogP contribution in [0.3, 0.4) is 0 Å². The Bertz CT molecular complexity index is 1340. The van der Waals surface area contributed by atoms with Crippen molar-refractivity contribution < 1.29 is 14.3 Å². The highest BCUT2D eigenvalue weighted by atomic mass is 16.4. The highest BCUT2D eigenvalue weighted by Gasteiger charge is 2.25. The maximum Gasteiger partial charge on any atom is 0.253 e. The number of carbonyl (C=O) groups excluding carboxylic acids is 1. The number of rotatable bonds is 7. The minimum absolute atomic E-state index is 0.0678. The molecule has 0 saturated heterocycles. The van der Waals surface area contributed by atoms with Crippen LogP contribution in [-0.4, -0.2) is 37.8 Å². The van der Waals surface area contributed by atoms with Gasteiger partial charge in [-0.1, -0.05) is 30.3 Å². The summed E-state index contributed by atoms with van der Waals surface area (Å²) in [5, 5.41) is 27.4. The van der Waals surface area contributed by atoms with Crippen molar-refractivity contribution in [1.82, 2.24) is 25.5 Å². The third-order valence-electron chi connectivity index (χ3n) is 5.61. The van der Waals surface area contributed by atoms with Gasteiger partial charge in [0, 0.05) is 24.4 Å². The molecule has 0 spiro atoms. The molecule has 2 aromatic heterocycles. The number of nitrogens with one attached hydrogen (secondary N) is 3. The number of aryl methyl sites for hydroxylation is 1. The highest BCUT2D eigenvalue weighted by Crippen LogP contribution is 2.31. The summed E-state index contributed by atoms with van der Waals surface area (Å²) in [5.41, 5.74) is 3.73. The molecular formula is C24H23N7O3. The summed E-state index contributed by atoms with van der Waals surface area (Å²) in [6.45, 7) is 3.49. The zero-order valence-electron chi connectivity index (χ0n) is 18.6. The number of hydrogen-bond acceptors (Lipinski definition) is 9. The van der Waals surface area contributed by atoms with E-state index in [1.807, 2.05) is 49.4 Å². The molecule has 1 aliphatic heterocycles. The van der Waals surface area contributed by atoms with Gasteiger partial charge < -0.3 is 25.5 Å². The molecule has 1 aliphatic rings. The van der Waals surface area contributed by atoms with Crippen molar-refractivity contribution in [2.45, 2.75) is 25.9 Å². The summed E-state index contributed by atoms with van der Waals surface area (Å²) in [7, 11) is 0. The minimum Gasteiger partial charge on any atom is -0.421 e. The van der Waals surface area contributed by atoms with Crippen molar-refractivity contribution in [2.75, 3.05) is 17.2 Å². The normalized spacial score (nSPS) is 15.5. The lowest BCUT2D eigenvalue weighted by atomic mass is 10.1. The molecule has 1 unspecified atom stereocenters. The number of fused-ring (bicyclic) bond motifs is 1. The summed E-state index contributed by atoms with van der Waals surface area (Å²) in [6, 6.07) is 14.6. The topological polar surface area (TPSA) is 138 Å². The van der Waals surface area contributed by atoms with Gasteiger partial charge in [0.1, 0.15) is 5.82 Å². The van der Waals surface area contributed by atoms with Gasteiger partial charge >= 0.3 is 0 Å². The first-order chi connectivity index (χ1) is 16.5. The van der Waals surface area contributed by atoms with Gasteiger partial charge in [-0.15, -0.1) is 10.2 Å². The largest absolute Gasteiger partial charge is 0.421 e. The first kappa shape index (κ1) is 21.5. The van der Waals surface area contributed by atoms with E-state index in [-0.39, 0.29) is 24.4 Å². The van der Waals surface area contributed by atoms with E-state index in [4.69, 9.17) is 4.42 Å². The van der Waals surface area contributed by atoms with E-state index in [1.165, 1.54) is 0 Å². The van der Waals surface area contributed by atoms with Crippen molar-refractivity contribution in [3.63, 3.8) is 0 Å². The predicted octanol–water partition coefficient (Wildman–Crippen LogP) is 3.53. The Hall–Kier alpha value is -4.31. The first-order valence-electron chi connectivity index (χ1n) is 10.8. The number of nitrogens with zero attached hydrogens (tertiary/aromatic N) is 4. The van der Waals surface area contributed by atoms with Crippen LogP contribution in [0.1, 0.15) is 46.4 Å².